The molecule has 0 aromatic heterocycles. The van der Waals surface area contributed by atoms with E-state index in [1.54, 1.807) is 0 Å². The summed E-state index contributed by atoms with van der Waals surface area (Å²) in [6, 6.07) is 0. The SMILES string of the molecule is CCCCCCCCCCCS(=O)(=O)NN. The van der Waals surface area contributed by atoms with Gasteiger partial charge in [-0.05, 0) is 6.42 Å². The van der Waals surface area contributed by atoms with Crippen LogP contribution in [0.2, 0.25) is 0 Å². The first-order chi connectivity index (χ1) is 7.62. The van der Waals surface area contributed by atoms with Crippen molar-refractivity contribution in [2.45, 2.75) is 64.7 Å². The third-order valence-electron chi connectivity index (χ3n) is 2.70. The molecule has 0 fully saturated rings. The Kier molecular flexibility index (Phi) is 9.97. The van der Waals surface area contributed by atoms with E-state index in [0.717, 1.165) is 12.8 Å². The standard InChI is InChI=1S/C11H26N2O2S/c1-2-3-4-5-6-7-8-9-10-11-16(14,15)13-12/h13H,2-12H2,1H3. The van der Waals surface area contributed by atoms with Gasteiger partial charge in [-0.1, -0.05) is 58.3 Å². The van der Waals surface area contributed by atoms with E-state index in [1.807, 2.05) is 4.83 Å². The lowest BCUT2D eigenvalue weighted by molar-refractivity contribution is 0.561. The highest BCUT2D eigenvalue weighted by molar-refractivity contribution is 7.89. The molecule has 0 amide bonds. The molecule has 0 aromatic carbocycles. The maximum atomic E-state index is 11.0. The lowest BCUT2D eigenvalue weighted by Gasteiger charge is -2.02. The molecule has 0 aromatic rings. The quantitative estimate of drug-likeness (QED) is 0.336. The smallest absolute Gasteiger partial charge is 0.224 e. The van der Waals surface area contributed by atoms with Crippen LogP contribution in [0.1, 0.15) is 64.7 Å². The first-order valence-electron chi connectivity index (χ1n) is 6.32. The summed E-state index contributed by atoms with van der Waals surface area (Å²) >= 11 is 0. The molecule has 0 atom stereocenters. The Balaban J connectivity index is 3.16. The lowest BCUT2D eigenvalue weighted by Crippen LogP contribution is -2.32. The molecule has 0 radical (unpaired) electrons. The molecule has 0 rings (SSSR count). The second kappa shape index (κ2) is 10.1. The van der Waals surface area contributed by atoms with Gasteiger partial charge in [-0.2, -0.15) is 4.83 Å². The minimum Gasteiger partial charge on any atom is -0.258 e. The van der Waals surface area contributed by atoms with Crippen LogP contribution in [0.5, 0.6) is 0 Å². The zero-order valence-corrected chi connectivity index (χ0v) is 11.2. The van der Waals surface area contributed by atoms with Crippen LogP contribution < -0.4 is 10.7 Å². The maximum absolute atomic E-state index is 11.0. The molecule has 0 spiro atoms. The third-order valence-corrected chi connectivity index (χ3v) is 3.88. The summed E-state index contributed by atoms with van der Waals surface area (Å²) < 4.78 is 21.9. The topological polar surface area (TPSA) is 72.2 Å². The van der Waals surface area contributed by atoms with Gasteiger partial charge in [0.25, 0.3) is 0 Å². The second-order valence-electron chi connectivity index (χ2n) is 4.27. The highest BCUT2D eigenvalue weighted by Crippen LogP contribution is 2.09. The fourth-order valence-electron chi connectivity index (χ4n) is 1.66. The van der Waals surface area contributed by atoms with Crippen LogP contribution in [0.3, 0.4) is 0 Å². The number of unbranched alkanes of at least 4 members (excludes halogenated alkanes) is 8. The van der Waals surface area contributed by atoms with Crippen molar-refractivity contribution < 1.29 is 8.42 Å². The Morgan fingerprint density at radius 3 is 1.75 bits per heavy atom. The van der Waals surface area contributed by atoms with Gasteiger partial charge in [-0.3, -0.25) is 5.84 Å². The Morgan fingerprint density at radius 1 is 0.875 bits per heavy atom. The molecule has 0 aliphatic heterocycles. The van der Waals surface area contributed by atoms with Gasteiger partial charge < -0.3 is 0 Å². The van der Waals surface area contributed by atoms with Gasteiger partial charge in [-0.15, -0.1) is 0 Å². The maximum Gasteiger partial charge on any atom is 0.224 e. The van der Waals surface area contributed by atoms with Gasteiger partial charge in [0, 0.05) is 0 Å². The number of hydrazine groups is 1. The van der Waals surface area contributed by atoms with Crippen molar-refractivity contribution in [3.8, 4) is 0 Å². The second-order valence-corrected chi connectivity index (χ2v) is 6.14. The number of hydrogen-bond donors (Lipinski definition) is 2. The monoisotopic (exact) mass is 250 g/mol. The van der Waals surface area contributed by atoms with Crippen LogP contribution in [0, 0.1) is 0 Å². The van der Waals surface area contributed by atoms with E-state index in [9.17, 15) is 8.42 Å². The Labute approximate surface area is 100 Å². The predicted molar refractivity (Wildman–Crippen MR) is 68.3 cm³/mol. The fourth-order valence-corrected chi connectivity index (χ4v) is 2.36. The number of rotatable bonds is 11. The molecule has 3 N–H and O–H groups in total. The third kappa shape index (κ3) is 10.4. The summed E-state index contributed by atoms with van der Waals surface area (Å²) in [7, 11) is -3.20. The van der Waals surface area contributed by atoms with Gasteiger partial charge in [-0.25, -0.2) is 8.42 Å². The molecule has 0 aliphatic rings. The Bertz CT molecular complexity index is 240. The summed E-state index contributed by atoms with van der Waals surface area (Å²) in [5.41, 5.74) is 0. The molecule has 5 heteroatoms. The van der Waals surface area contributed by atoms with Gasteiger partial charge in [0.05, 0.1) is 5.75 Å². The molecule has 0 bridgehead atoms. The molecular weight excluding hydrogens is 224 g/mol. The minimum atomic E-state index is -3.20. The van der Waals surface area contributed by atoms with Crippen molar-refractivity contribution in [2.24, 2.45) is 5.84 Å². The van der Waals surface area contributed by atoms with Crippen molar-refractivity contribution in [3.05, 3.63) is 0 Å². The largest absolute Gasteiger partial charge is 0.258 e. The zero-order valence-electron chi connectivity index (χ0n) is 10.4. The van der Waals surface area contributed by atoms with Crippen molar-refractivity contribution in [1.29, 1.82) is 0 Å². The Morgan fingerprint density at radius 2 is 1.31 bits per heavy atom. The van der Waals surface area contributed by atoms with Crippen molar-refractivity contribution in [2.75, 3.05) is 5.75 Å². The van der Waals surface area contributed by atoms with Crippen LogP contribution in [0.25, 0.3) is 0 Å². The Hall–Kier alpha value is -0.130. The van der Waals surface area contributed by atoms with E-state index in [4.69, 9.17) is 5.84 Å². The molecule has 0 saturated heterocycles. The van der Waals surface area contributed by atoms with Gasteiger partial charge in [0.2, 0.25) is 10.0 Å². The van der Waals surface area contributed by atoms with E-state index >= 15 is 0 Å². The van der Waals surface area contributed by atoms with Crippen molar-refractivity contribution in [3.63, 3.8) is 0 Å². The van der Waals surface area contributed by atoms with Gasteiger partial charge in [0.1, 0.15) is 0 Å². The summed E-state index contributed by atoms with van der Waals surface area (Å²) in [5, 5.41) is 0. The summed E-state index contributed by atoms with van der Waals surface area (Å²) in [6.45, 7) is 2.21. The fraction of sp³-hybridized carbons (Fsp3) is 1.00. The number of nitrogens with two attached hydrogens (primary N) is 1. The van der Waals surface area contributed by atoms with Crippen LogP contribution in [-0.4, -0.2) is 14.2 Å². The highest BCUT2D eigenvalue weighted by Gasteiger charge is 2.05. The summed E-state index contributed by atoms with van der Waals surface area (Å²) in [4.78, 5) is 1.84. The van der Waals surface area contributed by atoms with E-state index in [2.05, 4.69) is 6.92 Å². The van der Waals surface area contributed by atoms with Crippen molar-refractivity contribution >= 4 is 10.0 Å². The first-order valence-corrected chi connectivity index (χ1v) is 7.97. The molecule has 0 heterocycles. The van der Waals surface area contributed by atoms with Crippen LogP contribution >= 0.6 is 0 Å². The minimum absolute atomic E-state index is 0.152. The predicted octanol–water partition coefficient (Wildman–Crippen LogP) is 2.31. The molecule has 16 heavy (non-hydrogen) atoms. The van der Waals surface area contributed by atoms with Crippen molar-refractivity contribution in [1.82, 2.24) is 4.83 Å². The summed E-state index contributed by atoms with van der Waals surface area (Å²) in [5.74, 6) is 5.03. The average Bonchev–Trinajstić information content (AvgIpc) is 2.27. The average molecular weight is 250 g/mol. The molecule has 4 nitrogen and oxygen atoms in total. The van der Waals surface area contributed by atoms with E-state index in [0.29, 0.717) is 6.42 Å². The van der Waals surface area contributed by atoms with Crippen LogP contribution in [0.4, 0.5) is 0 Å². The molecule has 0 aliphatic carbocycles. The highest BCUT2D eigenvalue weighted by atomic mass is 32.2. The summed E-state index contributed by atoms with van der Waals surface area (Å²) in [6.07, 6.45) is 10.6. The van der Waals surface area contributed by atoms with Crippen LogP contribution in [-0.2, 0) is 10.0 Å². The normalized spacial score (nSPS) is 11.9. The van der Waals surface area contributed by atoms with E-state index in [-0.39, 0.29) is 5.75 Å². The first kappa shape index (κ1) is 15.9. The number of nitrogens with one attached hydrogen (secondary N) is 1. The van der Waals surface area contributed by atoms with Gasteiger partial charge >= 0.3 is 0 Å². The number of sulfonamides is 1. The number of hydrogen-bond acceptors (Lipinski definition) is 3. The van der Waals surface area contributed by atoms with Gasteiger partial charge in [0.15, 0.2) is 0 Å². The molecule has 0 unspecified atom stereocenters. The lowest BCUT2D eigenvalue weighted by atomic mass is 10.1. The van der Waals surface area contributed by atoms with E-state index in [1.165, 1.54) is 38.5 Å². The molecule has 0 saturated carbocycles. The molecular formula is C11H26N2O2S. The molecule has 98 valence electrons. The van der Waals surface area contributed by atoms with Crippen LogP contribution in [0.15, 0.2) is 0 Å². The zero-order chi connectivity index (χ0) is 12.3. The van der Waals surface area contributed by atoms with E-state index < -0.39 is 10.0 Å².